The van der Waals surface area contributed by atoms with E-state index in [-0.39, 0.29) is 24.1 Å². The summed E-state index contributed by atoms with van der Waals surface area (Å²) in [4.78, 5) is 52.1. The zero-order valence-corrected chi connectivity index (χ0v) is 24.4. The predicted octanol–water partition coefficient (Wildman–Crippen LogP) is 5.84. The number of ether oxygens (including phenoxy) is 1. The summed E-state index contributed by atoms with van der Waals surface area (Å²) >= 11 is 0. The number of carbonyl (C=O) groups excluding carboxylic acids is 4. The quantitative estimate of drug-likeness (QED) is 0.132. The predicted molar refractivity (Wildman–Crippen MR) is 164 cm³/mol. The Bertz CT molecular complexity index is 1560. The van der Waals surface area contributed by atoms with Gasteiger partial charge in [-0.1, -0.05) is 49.2 Å². The Morgan fingerprint density at radius 2 is 1.52 bits per heavy atom. The van der Waals surface area contributed by atoms with Crippen molar-refractivity contribution >= 4 is 40.3 Å². The van der Waals surface area contributed by atoms with Crippen LogP contribution in [0.15, 0.2) is 78.9 Å². The van der Waals surface area contributed by atoms with Gasteiger partial charge in [-0.3, -0.25) is 23.7 Å². The molecule has 0 spiro atoms. The number of amides is 2. The maximum Gasteiger partial charge on any atom is 0.308 e. The zero-order chi connectivity index (χ0) is 30.1. The van der Waals surface area contributed by atoms with Gasteiger partial charge in [-0.05, 0) is 67.8 Å². The van der Waals surface area contributed by atoms with Gasteiger partial charge >= 0.3 is 5.97 Å². The van der Waals surface area contributed by atoms with Crippen molar-refractivity contribution in [2.75, 3.05) is 18.5 Å². The van der Waals surface area contributed by atoms with E-state index in [2.05, 4.69) is 5.32 Å². The molecule has 2 amide bonds. The second kappa shape index (κ2) is 14.3. The Morgan fingerprint density at radius 1 is 0.857 bits per heavy atom. The molecule has 0 radical (unpaired) electrons. The summed E-state index contributed by atoms with van der Waals surface area (Å²) in [6.45, 7) is 3.68. The number of rotatable bonds is 12. The van der Waals surface area contributed by atoms with Crippen LogP contribution in [0.3, 0.4) is 0 Å². The van der Waals surface area contributed by atoms with E-state index in [1.165, 1.54) is 6.92 Å². The van der Waals surface area contributed by atoms with Crippen LogP contribution in [0.4, 0.5) is 5.69 Å². The van der Waals surface area contributed by atoms with Crippen molar-refractivity contribution in [1.82, 2.24) is 9.88 Å². The maximum atomic E-state index is 13.4. The molecule has 1 aromatic heterocycles. The lowest BCUT2D eigenvalue weighted by molar-refractivity contribution is -0.132. The zero-order valence-electron chi connectivity index (χ0n) is 24.4. The second-order valence-electron chi connectivity index (χ2n) is 10.3. The van der Waals surface area contributed by atoms with Gasteiger partial charge in [-0.2, -0.15) is 0 Å². The summed E-state index contributed by atoms with van der Waals surface area (Å²) in [6, 6.07) is 23.7. The lowest BCUT2D eigenvalue weighted by Gasteiger charge is -2.17. The Hall–Kier alpha value is -4.72. The van der Waals surface area contributed by atoms with Crippen LogP contribution in [-0.4, -0.2) is 41.9 Å². The molecule has 218 valence electrons. The molecule has 1 N–H and O–H groups in total. The van der Waals surface area contributed by atoms with Crippen LogP contribution in [0.1, 0.15) is 60.6 Å². The van der Waals surface area contributed by atoms with Crippen LogP contribution < -0.4 is 15.0 Å². The molecule has 42 heavy (non-hydrogen) atoms. The highest BCUT2D eigenvalue weighted by Crippen LogP contribution is 2.31. The van der Waals surface area contributed by atoms with Gasteiger partial charge in [-0.25, -0.2) is 0 Å². The average molecular weight is 568 g/mol. The third kappa shape index (κ3) is 7.51. The summed E-state index contributed by atoms with van der Waals surface area (Å²) in [7, 11) is 1.79. The second-order valence-corrected chi connectivity index (χ2v) is 10.3. The van der Waals surface area contributed by atoms with Gasteiger partial charge in [0, 0.05) is 49.3 Å². The standard InChI is InChI=1S/C34H37N3O5/c1-24-29(23-32(39)35-21-13-5-4-12-18-33(40)36(3)27-16-10-7-11-17-27)30-22-28(42-25(2)38)19-20-31(30)37(24)34(41)26-14-8-6-9-15-26/h6-11,14-17,19-20,22H,4-5,12-13,18,21,23H2,1-3H3,(H,35,39). The van der Waals surface area contributed by atoms with Crippen molar-refractivity contribution in [1.29, 1.82) is 0 Å². The minimum atomic E-state index is -0.447. The van der Waals surface area contributed by atoms with E-state index in [1.807, 2.05) is 55.5 Å². The number of carbonyl (C=O) groups is 4. The third-order valence-electron chi connectivity index (χ3n) is 7.29. The summed E-state index contributed by atoms with van der Waals surface area (Å²) in [5, 5.41) is 3.68. The van der Waals surface area contributed by atoms with Crippen molar-refractivity contribution in [3.8, 4) is 5.75 Å². The number of nitrogens with one attached hydrogen (secondary N) is 1. The van der Waals surface area contributed by atoms with Crippen LogP contribution in [-0.2, 0) is 20.8 Å². The number of hydrogen-bond acceptors (Lipinski definition) is 5. The lowest BCUT2D eigenvalue weighted by Crippen LogP contribution is -2.26. The summed E-state index contributed by atoms with van der Waals surface area (Å²) in [5.41, 5.74) is 3.44. The molecule has 0 aliphatic rings. The smallest absolute Gasteiger partial charge is 0.308 e. The fourth-order valence-electron chi connectivity index (χ4n) is 5.06. The Labute approximate surface area is 246 Å². The van der Waals surface area contributed by atoms with Crippen LogP contribution in [0.25, 0.3) is 10.9 Å². The largest absolute Gasteiger partial charge is 0.427 e. The van der Waals surface area contributed by atoms with E-state index >= 15 is 0 Å². The average Bonchev–Trinajstić information content (AvgIpc) is 3.26. The molecule has 0 saturated heterocycles. The monoisotopic (exact) mass is 567 g/mol. The highest BCUT2D eigenvalue weighted by Gasteiger charge is 2.22. The first-order valence-electron chi connectivity index (χ1n) is 14.3. The minimum Gasteiger partial charge on any atom is -0.427 e. The number of fused-ring (bicyclic) bond motifs is 1. The van der Waals surface area contributed by atoms with Crippen molar-refractivity contribution in [2.45, 2.75) is 52.4 Å². The molecular weight excluding hydrogens is 530 g/mol. The molecule has 3 aromatic carbocycles. The molecule has 0 aliphatic heterocycles. The van der Waals surface area contributed by atoms with Crippen molar-refractivity contribution in [3.63, 3.8) is 0 Å². The number of para-hydroxylation sites is 1. The number of esters is 1. The Kier molecular flexibility index (Phi) is 10.3. The molecule has 0 bridgehead atoms. The minimum absolute atomic E-state index is 0.0846. The van der Waals surface area contributed by atoms with Crippen LogP contribution in [0.2, 0.25) is 0 Å². The van der Waals surface area contributed by atoms with Gasteiger partial charge in [-0.15, -0.1) is 0 Å². The number of aromatic nitrogens is 1. The van der Waals surface area contributed by atoms with Crippen molar-refractivity contribution in [3.05, 3.63) is 95.7 Å². The van der Waals surface area contributed by atoms with E-state index in [0.29, 0.717) is 46.4 Å². The highest BCUT2D eigenvalue weighted by molar-refractivity contribution is 6.05. The first kappa shape index (κ1) is 30.2. The SMILES string of the molecule is CC(=O)Oc1ccc2c(c1)c(CC(=O)NCCCCCCC(=O)N(C)c1ccccc1)c(C)n2C(=O)c1ccccc1. The van der Waals surface area contributed by atoms with Crippen LogP contribution >= 0.6 is 0 Å². The molecule has 8 nitrogen and oxygen atoms in total. The summed E-state index contributed by atoms with van der Waals surface area (Å²) in [6.07, 6.45) is 3.97. The van der Waals surface area contributed by atoms with Gasteiger partial charge in [0.15, 0.2) is 0 Å². The molecule has 4 aromatic rings. The van der Waals surface area contributed by atoms with Gasteiger partial charge < -0.3 is 15.0 Å². The fraction of sp³-hybridized carbons (Fsp3) is 0.294. The number of nitrogens with zero attached hydrogens (tertiary/aromatic N) is 2. The Balaban J connectivity index is 1.34. The van der Waals surface area contributed by atoms with E-state index in [4.69, 9.17) is 4.74 Å². The van der Waals surface area contributed by atoms with E-state index in [0.717, 1.165) is 31.4 Å². The third-order valence-corrected chi connectivity index (χ3v) is 7.29. The van der Waals surface area contributed by atoms with Crippen LogP contribution in [0.5, 0.6) is 5.75 Å². The lowest BCUT2D eigenvalue weighted by atomic mass is 10.1. The van der Waals surface area contributed by atoms with Crippen molar-refractivity contribution < 1.29 is 23.9 Å². The number of hydrogen-bond donors (Lipinski definition) is 1. The molecule has 1 heterocycles. The first-order chi connectivity index (χ1) is 20.3. The topological polar surface area (TPSA) is 97.7 Å². The fourth-order valence-corrected chi connectivity index (χ4v) is 5.06. The molecular formula is C34H37N3O5. The molecule has 0 aliphatic carbocycles. The van der Waals surface area contributed by atoms with E-state index in [1.54, 1.807) is 46.8 Å². The molecule has 0 atom stereocenters. The molecule has 0 unspecified atom stereocenters. The maximum absolute atomic E-state index is 13.4. The van der Waals surface area contributed by atoms with Gasteiger partial charge in [0.1, 0.15) is 5.75 Å². The summed E-state index contributed by atoms with van der Waals surface area (Å²) in [5.74, 6) is -0.348. The first-order valence-corrected chi connectivity index (χ1v) is 14.3. The van der Waals surface area contributed by atoms with Crippen molar-refractivity contribution in [2.24, 2.45) is 0 Å². The van der Waals surface area contributed by atoms with Gasteiger partial charge in [0.05, 0.1) is 11.9 Å². The molecule has 4 rings (SSSR count). The van der Waals surface area contributed by atoms with E-state index in [9.17, 15) is 19.2 Å². The Morgan fingerprint density at radius 3 is 2.21 bits per heavy atom. The summed E-state index contributed by atoms with van der Waals surface area (Å²) < 4.78 is 6.89. The number of anilines is 1. The van der Waals surface area contributed by atoms with Gasteiger partial charge in [0.25, 0.3) is 5.91 Å². The van der Waals surface area contributed by atoms with Crippen LogP contribution in [0, 0.1) is 6.92 Å². The number of benzene rings is 3. The molecule has 8 heteroatoms. The highest BCUT2D eigenvalue weighted by atomic mass is 16.5. The molecule has 0 fully saturated rings. The van der Waals surface area contributed by atoms with Gasteiger partial charge in [0.2, 0.25) is 11.8 Å². The molecule has 0 saturated carbocycles. The normalized spacial score (nSPS) is 10.8. The van der Waals surface area contributed by atoms with E-state index < -0.39 is 5.97 Å². The number of unbranched alkanes of at least 4 members (excludes halogenated alkanes) is 3.